The number of benzene rings is 4. The van der Waals surface area contributed by atoms with Crippen molar-refractivity contribution in [2.24, 2.45) is 0 Å². The van der Waals surface area contributed by atoms with Crippen molar-refractivity contribution in [2.75, 3.05) is 40.5 Å². The molecular formula is C52H54N6O6. The number of rotatable bonds is 8. The first-order valence-electron chi connectivity index (χ1n) is 22.1. The molecule has 0 bridgehead atoms. The van der Waals surface area contributed by atoms with Crippen LogP contribution in [-0.2, 0) is 22.4 Å². The predicted molar refractivity (Wildman–Crippen MR) is 246 cm³/mol. The standard InChI is InChI=1S/2C26H27N3O3/c2*1-18-15-28(17-27-18)23-10-9-19(13-25(23)31-2)12-21-7-5-11-29(26(21)30)22-14-20-6-3-4-8-24(20)32-16-22/h2*3-4,6,8-10,12-13,15,17,22H,5,7,11,14,16H2,1-2H3/b2*21-12+/t2*22-/m10/s1. The number of fused-ring (bicyclic) bond motifs is 2. The van der Waals surface area contributed by atoms with Crippen molar-refractivity contribution in [3.63, 3.8) is 0 Å². The number of carbonyl (C=O) groups is 2. The molecule has 10 rings (SSSR count). The van der Waals surface area contributed by atoms with Crippen molar-refractivity contribution in [1.82, 2.24) is 28.9 Å². The van der Waals surface area contributed by atoms with E-state index in [4.69, 9.17) is 18.9 Å². The number of carbonyl (C=O) groups excluding carboxylic acids is 2. The monoisotopic (exact) mass is 858 g/mol. The van der Waals surface area contributed by atoms with Gasteiger partial charge in [0, 0.05) is 36.6 Å². The fourth-order valence-corrected chi connectivity index (χ4v) is 9.16. The van der Waals surface area contributed by atoms with Gasteiger partial charge in [0.1, 0.15) is 36.2 Å². The Kier molecular flexibility index (Phi) is 12.4. The number of piperidine rings is 2. The van der Waals surface area contributed by atoms with E-state index in [0.717, 1.165) is 120 Å². The number of para-hydroxylation sites is 2. The van der Waals surface area contributed by atoms with Crippen LogP contribution in [0.25, 0.3) is 23.5 Å². The minimum absolute atomic E-state index is 0.0718. The van der Waals surface area contributed by atoms with Crippen LogP contribution in [-0.4, -0.2) is 93.3 Å². The van der Waals surface area contributed by atoms with E-state index in [0.29, 0.717) is 13.2 Å². The first kappa shape index (κ1) is 42.2. The molecule has 6 aromatic rings. The highest BCUT2D eigenvalue weighted by Crippen LogP contribution is 2.33. The summed E-state index contributed by atoms with van der Waals surface area (Å²) in [4.78, 5) is 39.3. The SMILES string of the molecule is COc1cc(/C=C2\CCCN([C@@H]3COc4ccccc4C3)C2=O)ccc1-n1cnc(C)c1.COc1cc(/C=C2\CCCN([C@H]3COc4ccccc4C3)C2=O)ccc1-n1cnc(C)c1. The lowest BCUT2D eigenvalue weighted by atomic mass is 9.95. The van der Waals surface area contributed by atoms with Gasteiger partial charge in [0.05, 0.1) is 61.7 Å². The Bertz CT molecular complexity index is 2550. The van der Waals surface area contributed by atoms with Gasteiger partial charge >= 0.3 is 0 Å². The van der Waals surface area contributed by atoms with Gasteiger partial charge in [-0.15, -0.1) is 0 Å². The van der Waals surface area contributed by atoms with Gasteiger partial charge in [0.25, 0.3) is 0 Å². The van der Waals surface area contributed by atoms with Gasteiger partial charge in [0.15, 0.2) is 0 Å². The number of hydrogen-bond donors (Lipinski definition) is 0. The maximum atomic E-state index is 13.3. The Morgan fingerprint density at radius 3 is 1.45 bits per heavy atom. The molecule has 0 N–H and O–H groups in total. The second-order valence-corrected chi connectivity index (χ2v) is 16.8. The Labute approximate surface area is 374 Å². The molecular weight excluding hydrogens is 805 g/mol. The van der Waals surface area contributed by atoms with Crippen LogP contribution in [0.4, 0.5) is 0 Å². The average Bonchev–Trinajstić information content (AvgIpc) is 3.97. The number of ether oxygens (including phenoxy) is 4. The highest BCUT2D eigenvalue weighted by Gasteiger charge is 2.34. The summed E-state index contributed by atoms with van der Waals surface area (Å²) in [5.74, 6) is 3.58. The second kappa shape index (κ2) is 18.7. The van der Waals surface area contributed by atoms with Gasteiger partial charge in [-0.3, -0.25) is 9.59 Å². The van der Waals surface area contributed by atoms with E-state index in [9.17, 15) is 9.59 Å². The van der Waals surface area contributed by atoms with Crippen LogP contribution in [0.1, 0.15) is 59.3 Å². The van der Waals surface area contributed by atoms with Crippen LogP contribution in [0.2, 0.25) is 0 Å². The van der Waals surface area contributed by atoms with Crippen LogP contribution >= 0.6 is 0 Å². The summed E-state index contributed by atoms with van der Waals surface area (Å²) in [7, 11) is 3.32. The molecule has 2 amide bonds. The number of likely N-dealkylation sites (tertiary alicyclic amines) is 2. The Hall–Kier alpha value is -7.08. The molecule has 4 aliphatic rings. The molecule has 2 fully saturated rings. The summed E-state index contributed by atoms with van der Waals surface area (Å²) in [6.45, 7) is 6.55. The zero-order valence-corrected chi connectivity index (χ0v) is 36.9. The van der Waals surface area contributed by atoms with Crippen LogP contribution in [0, 0.1) is 13.8 Å². The summed E-state index contributed by atoms with van der Waals surface area (Å²) in [5.41, 5.74) is 9.66. The molecule has 328 valence electrons. The maximum Gasteiger partial charge on any atom is 0.250 e. The van der Waals surface area contributed by atoms with Crippen molar-refractivity contribution in [3.05, 3.63) is 155 Å². The number of methoxy groups -OCH3 is 2. The Morgan fingerprint density at radius 2 is 1.05 bits per heavy atom. The van der Waals surface area contributed by atoms with Crippen molar-refractivity contribution >= 4 is 24.0 Å². The maximum absolute atomic E-state index is 13.3. The fourth-order valence-electron chi connectivity index (χ4n) is 9.16. The van der Waals surface area contributed by atoms with E-state index < -0.39 is 0 Å². The van der Waals surface area contributed by atoms with E-state index >= 15 is 0 Å². The number of hydrogen-bond acceptors (Lipinski definition) is 8. The Balaban J connectivity index is 0.000000162. The lowest BCUT2D eigenvalue weighted by Gasteiger charge is -2.38. The minimum Gasteiger partial charge on any atom is -0.495 e. The molecule has 2 saturated heterocycles. The first-order chi connectivity index (χ1) is 31.2. The van der Waals surface area contributed by atoms with Gasteiger partial charge in [-0.25, -0.2) is 9.97 Å². The third-order valence-corrected chi connectivity index (χ3v) is 12.4. The number of imidazole rings is 2. The number of amides is 2. The van der Waals surface area contributed by atoms with Gasteiger partial charge in [0.2, 0.25) is 11.8 Å². The van der Waals surface area contributed by atoms with Gasteiger partial charge < -0.3 is 37.9 Å². The number of nitrogens with zero attached hydrogens (tertiary/aromatic N) is 6. The molecule has 2 aromatic heterocycles. The summed E-state index contributed by atoms with van der Waals surface area (Å²) < 4.78 is 27.0. The van der Waals surface area contributed by atoms with Crippen molar-refractivity contribution in [2.45, 2.75) is 64.5 Å². The van der Waals surface area contributed by atoms with E-state index in [1.807, 2.05) is 130 Å². The third kappa shape index (κ3) is 9.04. The molecule has 4 aromatic carbocycles. The van der Waals surface area contributed by atoms with Crippen molar-refractivity contribution in [3.8, 4) is 34.4 Å². The fraction of sp³-hybridized carbons (Fsp3) is 0.308. The molecule has 12 heteroatoms. The summed E-state index contributed by atoms with van der Waals surface area (Å²) in [6, 6.07) is 28.3. The molecule has 0 spiro atoms. The van der Waals surface area contributed by atoms with Gasteiger partial charge in [-0.2, -0.15) is 0 Å². The topological polar surface area (TPSA) is 113 Å². The van der Waals surface area contributed by atoms with E-state index in [1.165, 1.54) is 11.1 Å². The normalized spacial score (nSPS) is 19.6. The van der Waals surface area contributed by atoms with E-state index in [1.54, 1.807) is 26.9 Å². The van der Waals surface area contributed by atoms with Gasteiger partial charge in [-0.1, -0.05) is 48.5 Å². The quantitative estimate of drug-likeness (QED) is 0.140. The number of aromatic nitrogens is 4. The molecule has 0 aliphatic carbocycles. The molecule has 0 radical (unpaired) electrons. The van der Waals surface area contributed by atoms with Crippen LogP contribution < -0.4 is 18.9 Å². The highest BCUT2D eigenvalue weighted by molar-refractivity contribution is 5.99. The molecule has 6 heterocycles. The molecule has 0 saturated carbocycles. The van der Waals surface area contributed by atoms with Crippen LogP contribution in [0.5, 0.6) is 23.0 Å². The van der Waals surface area contributed by atoms with Crippen molar-refractivity contribution in [1.29, 1.82) is 0 Å². The van der Waals surface area contributed by atoms with E-state index in [2.05, 4.69) is 22.1 Å². The summed E-state index contributed by atoms with van der Waals surface area (Å²) >= 11 is 0. The summed E-state index contributed by atoms with van der Waals surface area (Å²) in [6.07, 6.45) is 16.6. The zero-order valence-electron chi connectivity index (χ0n) is 36.9. The largest absolute Gasteiger partial charge is 0.495 e. The predicted octanol–water partition coefficient (Wildman–Crippen LogP) is 8.40. The third-order valence-electron chi connectivity index (χ3n) is 12.4. The second-order valence-electron chi connectivity index (χ2n) is 16.8. The zero-order chi connectivity index (χ0) is 44.2. The summed E-state index contributed by atoms with van der Waals surface area (Å²) in [5, 5.41) is 0. The Morgan fingerprint density at radius 1 is 0.609 bits per heavy atom. The molecule has 0 unspecified atom stereocenters. The molecule has 2 atom stereocenters. The smallest absolute Gasteiger partial charge is 0.250 e. The lowest BCUT2D eigenvalue weighted by molar-refractivity contribution is -0.132. The minimum atomic E-state index is 0.0718. The van der Waals surface area contributed by atoms with E-state index in [-0.39, 0.29) is 23.9 Å². The number of aryl methyl sites for hydroxylation is 2. The lowest BCUT2D eigenvalue weighted by Crippen LogP contribution is -2.49. The molecule has 64 heavy (non-hydrogen) atoms. The van der Waals surface area contributed by atoms with Crippen LogP contribution in [0.15, 0.2) is 121 Å². The first-order valence-corrected chi connectivity index (χ1v) is 22.1. The highest BCUT2D eigenvalue weighted by atomic mass is 16.5. The average molecular weight is 859 g/mol. The molecule has 12 nitrogen and oxygen atoms in total. The molecule has 4 aliphatic heterocycles. The van der Waals surface area contributed by atoms with Gasteiger partial charge in [-0.05, 0) is 123 Å². The van der Waals surface area contributed by atoms with Crippen LogP contribution in [0.3, 0.4) is 0 Å². The van der Waals surface area contributed by atoms with Crippen molar-refractivity contribution < 1.29 is 28.5 Å².